The number of hydrogen-bond acceptors (Lipinski definition) is 5. The van der Waals surface area contributed by atoms with Crippen LogP contribution in [0.1, 0.15) is 41.6 Å². The van der Waals surface area contributed by atoms with Gasteiger partial charge in [-0.15, -0.1) is 0 Å². The van der Waals surface area contributed by atoms with Gasteiger partial charge in [-0.1, -0.05) is 23.8 Å². The van der Waals surface area contributed by atoms with E-state index in [-0.39, 0.29) is 23.4 Å². The van der Waals surface area contributed by atoms with Gasteiger partial charge in [-0.05, 0) is 63.9 Å². The Kier molecular flexibility index (Phi) is 7.03. The molecule has 2 aliphatic heterocycles. The average molecular weight is 451 g/mol. The number of nitrogens with zero attached hydrogens (tertiary/aromatic N) is 3. The van der Waals surface area contributed by atoms with Gasteiger partial charge in [0.2, 0.25) is 5.91 Å². The van der Waals surface area contributed by atoms with Gasteiger partial charge in [0.05, 0.1) is 4.92 Å². The Morgan fingerprint density at radius 1 is 0.970 bits per heavy atom. The highest BCUT2D eigenvalue weighted by Gasteiger charge is 2.32. The summed E-state index contributed by atoms with van der Waals surface area (Å²) in [5.74, 6) is -0.0300. The van der Waals surface area contributed by atoms with Gasteiger partial charge in [0, 0.05) is 48.4 Å². The molecule has 2 amide bonds. The molecule has 2 aliphatic rings. The van der Waals surface area contributed by atoms with E-state index in [0.717, 1.165) is 44.5 Å². The minimum atomic E-state index is -0.478. The predicted molar refractivity (Wildman–Crippen MR) is 126 cm³/mol. The molecule has 33 heavy (non-hydrogen) atoms. The number of carbonyl (C=O) groups is 2. The fraction of sp³-hybridized carbons (Fsp3) is 0.440. The van der Waals surface area contributed by atoms with E-state index >= 15 is 0 Å². The van der Waals surface area contributed by atoms with Crippen LogP contribution in [-0.2, 0) is 4.79 Å². The van der Waals surface area contributed by atoms with Crippen LogP contribution < -0.4 is 5.32 Å². The number of carbonyl (C=O) groups excluding carboxylic acids is 2. The summed E-state index contributed by atoms with van der Waals surface area (Å²) >= 11 is 0. The first-order valence-corrected chi connectivity index (χ1v) is 11.6. The lowest BCUT2D eigenvalue weighted by Gasteiger charge is -2.41. The van der Waals surface area contributed by atoms with Crippen LogP contribution in [0.15, 0.2) is 48.5 Å². The summed E-state index contributed by atoms with van der Waals surface area (Å²) in [7, 11) is 0. The second kappa shape index (κ2) is 10.1. The van der Waals surface area contributed by atoms with E-state index in [1.54, 1.807) is 17.0 Å². The van der Waals surface area contributed by atoms with Crippen LogP contribution in [0.25, 0.3) is 0 Å². The van der Waals surface area contributed by atoms with Crippen molar-refractivity contribution in [3.63, 3.8) is 0 Å². The van der Waals surface area contributed by atoms with Crippen molar-refractivity contribution in [3.05, 3.63) is 69.8 Å². The van der Waals surface area contributed by atoms with E-state index in [0.29, 0.717) is 24.7 Å². The van der Waals surface area contributed by atoms with E-state index in [1.165, 1.54) is 17.7 Å². The van der Waals surface area contributed by atoms with Crippen LogP contribution >= 0.6 is 0 Å². The standard InChI is InChI=1S/C25H30N4O4/c1-18-5-7-21(8-6-18)26-24(30)19-9-13-27(14-10-19)22-11-15-28(16-12-22)25(31)20-3-2-4-23(17-20)29(32)33/h2-8,17,19,22H,9-16H2,1H3,(H,26,30). The Labute approximate surface area is 193 Å². The van der Waals surface area contributed by atoms with Crippen LogP contribution in [0.3, 0.4) is 0 Å². The summed E-state index contributed by atoms with van der Waals surface area (Å²) in [4.78, 5) is 40.2. The van der Waals surface area contributed by atoms with Crippen molar-refractivity contribution in [3.8, 4) is 0 Å². The normalized spacial score (nSPS) is 18.2. The zero-order valence-electron chi connectivity index (χ0n) is 18.9. The smallest absolute Gasteiger partial charge is 0.270 e. The Morgan fingerprint density at radius 2 is 1.64 bits per heavy atom. The minimum Gasteiger partial charge on any atom is -0.339 e. The zero-order chi connectivity index (χ0) is 23.4. The summed E-state index contributed by atoms with van der Waals surface area (Å²) in [6, 6.07) is 14.2. The maximum Gasteiger partial charge on any atom is 0.270 e. The highest BCUT2D eigenvalue weighted by atomic mass is 16.6. The molecule has 0 unspecified atom stereocenters. The molecule has 8 heteroatoms. The number of rotatable bonds is 5. The van der Waals surface area contributed by atoms with Gasteiger partial charge in [-0.2, -0.15) is 0 Å². The van der Waals surface area contributed by atoms with Crippen LogP contribution in [0.5, 0.6) is 0 Å². The highest BCUT2D eigenvalue weighted by molar-refractivity contribution is 5.95. The van der Waals surface area contributed by atoms with Gasteiger partial charge < -0.3 is 15.1 Å². The molecule has 0 saturated carbocycles. The topological polar surface area (TPSA) is 95.8 Å². The molecular weight excluding hydrogens is 420 g/mol. The highest BCUT2D eigenvalue weighted by Crippen LogP contribution is 2.26. The number of benzene rings is 2. The maximum atomic E-state index is 12.8. The average Bonchev–Trinajstić information content (AvgIpc) is 2.85. The molecule has 0 atom stereocenters. The van der Waals surface area contributed by atoms with Crippen LogP contribution in [0, 0.1) is 23.0 Å². The molecule has 2 aromatic rings. The lowest BCUT2D eigenvalue weighted by molar-refractivity contribution is -0.384. The first kappa shape index (κ1) is 22.9. The molecule has 0 spiro atoms. The third-order valence-corrected chi connectivity index (χ3v) is 6.79. The monoisotopic (exact) mass is 450 g/mol. The number of nitrogens with one attached hydrogen (secondary N) is 1. The molecule has 4 rings (SSSR count). The van der Waals surface area contributed by atoms with E-state index in [4.69, 9.17) is 0 Å². The second-order valence-corrected chi connectivity index (χ2v) is 9.00. The number of nitro groups is 1. The molecule has 2 heterocycles. The van der Waals surface area contributed by atoms with Gasteiger partial charge in [-0.25, -0.2) is 0 Å². The van der Waals surface area contributed by atoms with E-state index < -0.39 is 4.92 Å². The fourth-order valence-electron chi connectivity index (χ4n) is 4.78. The number of amides is 2. The van der Waals surface area contributed by atoms with Crippen molar-refractivity contribution in [2.24, 2.45) is 5.92 Å². The van der Waals surface area contributed by atoms with Crippen molar-refractivity contribution in [1.82, 2.24) is 9.80 Å². The Balaban J connectivity index is 1.24. The first-order chi connectivity index (χ1) is 15.9. The Bertz CT molecular complexity index is 1010. The van der Waals surface area contributed by atoms with Crippen molar-refractivity contribution < 1.29 is 14.5 Å². The van der Waals surface area contributed by atoms with Gasteiger partial charge in [0.15, 0.2) is 0 Å². The third-order valence-electron chi connectivity index (χ3n) is 6.79. The number of piperidine rings is 2. The minimum absolute atomic E-state index is 0.0260. The second-order valence-electron chi connectivity index (χ2n) is 9.00. The summed E-state index contributed by atoms with van der Waals surface area (Å²) < 4.78 is 0. The molecule has 2 aromatic carbocycles. The number of likely N-dealkylation sites (tertiary alicyclic amines) is 2. The third kappa shape index (κ3) is 5.57. The lowest BCUT2D eigenvalue weighted by Crippen LogP contribution is -2.49. The maximum absolute atomic E-state index is 12.8. The largest absolute Gasteiger partial charge is 0.339 e. The van der Waals surface area contributed by atoms with Gasteiger partial charge >= 0.3 is 0 Å². The van der Waals surface area contributed by atoms with Crippen molar-refractivity contribution in [2.45, 2.75) is 38.6 Å². The van der Waals surface area contributed by atoms with Crippen molar-refractivity contribution in [2.75, 3.05) is 31.5 Å². The molecule has 174 valence electrons. The number of non-ortho nitro benzene ring substituents is 1. The zero-order valence-corrected chi connectivity index (χ0v) is 18.9. The first-order valence-electron chi connectivity index (χ1n) is 11.6. The lowest BCUT2D eigenvalue weighted by atomic mass is 9.92. The molecule has 0 radical (unpaired) electrons. The molecule has 1 N–H and O–H groups in total. The molecule has 8 nitrogen and oxygen atoms in total. The summed E-state index contributed by atoms with van der Waals surface area (Å²) in [6.45, 7) is 5.07. The predicted octanol–water partition coefficient (Wildman–Crippen LogP) is 3.86. The van der Waals surface area contributed by atoms with Crippen molar-refractivity contribution >= 4 is 23.2 Å². The van der Waals surface area contributed by atoms with Gasteiger partial charge in [-0.3, -0.25) is 19.7 Å². The van der Waals surface area contributed by atoms with Gasteiger partial charge in [0.1, 0.15) is 0 Å². The quantitative estimate of drug-likeness (QED) is 0.551. The summed E-state index contributed by atoms with van der Waals surface area (Å²) in [5.41, 5.74) is 2.31. The molecule has 0 aliphatic carbocycles. The SMILES string of the molecule is Cc1ccc(NC(=O)C2CCN(C3CCN(C(=O)c4cccc([N+](=O)[O-])c4)CC3)CC2)cc1. The number of hydrogen-bond donors (Lipinski definition) is 1. The number of anilines is 1. The van der Waals surface area contributed by atoms with Crippen LogP contribution in [-0.4, -0.2) is 58.8 Å². The van der Waals surface area contributed by atoms with Crippen LogP contribution in [0.2, 0.25) is 0 Å². The van der Waals surface area contributed by atoms with Crippen molar-refractivity contribution in [1.29, 1.82) is 0 Å². The fourth-order valence-corrected chi connectivity index (χ4v) is 4.78. The summed E-state index contributed by atoms with van der Waals surface area (Å²) in [5, 5.41) is 14.0. The van der Waals surface area contributed by atoms with Gasteiger partial charge in [0.25, 0.3) is 11.6 Å². The summed E-state index contributed by atoms with van der Waals surface area (Å²) in [6.07, 6.45) is 3.43. The Morgan fingerprint density at radius 3 is 2.27 bits per heavy atom. The molecule has 2 fully saturated rings. The number of aryl methyl sites for hydroxylation is 1. The molecule has 0 bridgehead atoms. The Hall–Kier alpha value is -3.26. The van der Waals surface area contributed by atoms with E-state index in [9.17, 15) is 19.7 Å². The van der Waals surface area contributed by atoms with E-state index in [1.807, 2.05) is 31.2 Å². The number of nitro benzene ring substituents is 1. The van der Waals surface area contributed by atoms with E-state index in [2.05, 4.69) is 10.2 Å². The molecule has 0 aromatic heterocycles. The van der Waals surface area contributed by atoms with Crippen LogP contribution in [0.4, 0.5) is 11.4 Å². The molecule has 2 saturated heterocycles. The molecular formula is C25H30N4O4.